The molecule has 0 aromatic heterocycles. The Morgan fingerprint density at radius 3 is 1.90 bits per heavy atom. The van der Waals surface area contributed by atoms with Crippen LogP contribution < -0.4 is 16.2 Å². The summed E-state index contributed by atoms with van der Waals surface area (Å²) in [5.41, 5.74) is 11.4. The van der Waals surface area contributed by atoms with E-state index in [0.29, 0.717) is 16.3 Å². The Labute approximate surface area is 180 Å². The number of benzene rings is 3. The molecule has 3 rings (SSSR count). The number of nitro benzene ring substituents is 2. The highest BCUT2D eigenvalue weighted by molar-refractivity contribution is 7.99. The van der Waals surface area contributed by atoms with Crippen LogP contribution in [0.5, 0.6) is 5.75 Å². The molecule has 0 aliphatic carbocycles. The number of methoxy groups -OCH3 is 1. The standard InChI is InChI=1S/C13H12N2O3S.C6H5ClN2O2/c1-18-10-3-5-11(6-4-10)19-13-7-2-9(14)8-12(13)15(16)17;7-5-2-1-4(8)3-6(5)9(10)11/h2-8H,14H2,1H3;1-3H,8H2. The Morgan fingerprint density at radius 1 is 0.867 bits per heavy atom. The van der Waals surface area contributed by atoms with Gasteiger partial charge in [0.15, 0.2) is 0 Å². The first-order chi connectivity index (χ1) is 14.2. The molecule has 3 aromatic rings. The predicted molar refractivity (Wildman–Crippen MR) is 117 cm³/mol. The van der Waals surface area contributed by atoms with Gasteiger partial charge >= 0.3 is 0 Å². The highest BCUT2D eigenvalue weighted by atomic mass is 35.5. The first kappa shape index (κ1) is 22.8. The number of nitrogens with zero attached hydrogens (tertiary/aromatic N) is 2. The molecule has 0 bridgehead atoms. The molecule has 0 fully saturated rings. The van der Waals surface area contributed by atoms with Gasteiger partial charge in [-0.2, -0.15) is 0 Å². The molecule has 3 aromatic carbocycles. The summed E-state index contributed by atoms with van der Waals surface area (Å²) in [4.78, 5) is 21.7. The molecule has 30 heavy (non-hydrogen) atoms. The van der Waals surface area contributed by atoms with Crippen molar-refractivity contribution in [1.82, 2.24) is 0 Å². The molecule has 0 heterocycles. The topological polar surface area (TPSA) is 148 Å². The van der Waals surface area contributed by atoms with Crippen molar-refractivity contribution in [1.29, 1.82) is 0 Å². The Kier molecular flexibility index (Phi) is 7.84. The fourth-order valence-corrected chi connectivity index (χ4v) is 3.29. The maximum atomic E-state index is 11.0. The van der Waals surface area contributed by atoms with Crippen molar-refractivity contribution in [3.63, 3.8) is 0 Å². The van der Waals surface area contributed by atoms with Crippen molar-refractivity contribution < 1.29 is 14.6 Å². The lowest BCUT2D eigenvalue weighted by Crippen LogP contribution is -1.93. The van der Waals surface area contributed by atoms with E-state index in [1.54, 1.807) is 19.2 Å². The monoisotopic (exact) mass is 448 g/mol. The molecule has 0 atom stereocenters. The van der Waals surface area contributed by atoms with Crippen LogP contribution in [0.25, 0.3) is 0 Å². The van der Waals surface area contributed by atoms with Crippen LogP contribution in [0, 0.1) is 20.2 Å². The number of hydrogen-bond donors (Lipinski definition) is 2. The smallest absolute Gasteiger partial charge is 0.289 e. The van der Waals surface area contributed by atoms with Crippen LogP contribution in [0.2, 0.25) is 5.02 Å². The molecule has 11 heteroatoms. The minimum absolute atomic E-state index is 0.0146. The summed E-state index contributed by atoms with van der Waals surface area (Å²) in [5, 5.41) is 21.3. The van der Waals surface area contributed by atoms with E-state index < -0.39 is 9.85 Å². The van der Waals surface area contributed by atoms with Crippen molar-refractivity contribution in [2.45, 2.75) is 9.79 Å². The number of rotatable bonds is 5. The minimum atomic E-state index is -0.571. The highest BCUT2D eigenvalue weighted by Gasteiger charge is 2.15. The molecule has 0 spiro atoms. The fourth-order valence-electron chi connectivity index (χ4n) is 2.20. The Morgan fingerprint density at radius 2 is 1.40 bits per heavy atom. The molecule has 0 aliphatic rings. The Bertz CT molecular complexity index is 1060. The summed E-state index contributed by atoms with van der Waals surface area (Å²) in [5.74, 6) is 0.746. The SMILES string of the molecule is COc1ccc(Sc2ccc(N)cc2[N+](=O)[O-])cc1.Nc1ccc(Cl)c([N+](=O)[O-])c1. The van der Waals surface area contributed by atoms with Gasteiger partial charge in [0.05, 0.1) is 21.9 Å². The maximum absolute atomic E-state index is 11.0. The molecular formula is C19H17ClN4O5S. The molecule has 0 unspecified atom stereocenters. The fraction of sp³-hybridized carbons (Fsp3) is 0.0526. The van der Waals surface area contributed by atoms with Crippen LogP contribution in [-0.2, 0) is 0 Å². The largest absolute Gasteiger partial charge is 0.497 e. The second kappa shape index (κ2) is 10.3. The summed E-state index contributed by atoms with van der Waals surface area (Å²) >= 11 is 6.81. The summed E-state index contributed by atoms with van der Waals surface area (Å²) in [6.07, 6.45) is 0. The Hall–Kier alpha value is -3.50. The minimum Gasteiger partial charge on any atom is -0.497 e. The lowest BCUT2D eigenvalue weighted by molar-refractivity contribution is -0.387. The van der Waals surface area contributed by atoms with E-state index in [0.717, 1.165) is 10.6 Å². The number of nitrogens with two attached hydrogens (primary N) is 2. The molecule has 0 saturated carbocycles. The number of hydrogen-bond acceptors (Lipinski definition) is 8. The third-order valence-electron chi connectivity index (χ3n) is 3.63. The van der Waals surface area contributed by atoms with Gasteiger partial charge in [-0.1, -0.05) is 23.4 Å². The average Bonchev–Trinajstić information content (AvgIpc) is 2.72. The highest BCUT2D eigenvalue weighted by Crippen LogP contribution is 2.36. The van der Waals surface area contributed by atoms with Gasteiger partial charge in [0.25, 0.3) is 11.4 Å². The molecule has 0 amide bonds. The van der Waals surface area contributed by atoms with Crippen molar-refractivity contribution in [3.05, 3.63) is 85.9 Å². The molecule has 0 saturated heterocycles. The summed E-state index contributed by atoms with van der Waals surface area (Å²) < 4.78 is 5.06. The second-order valence-electron chi connectivity index (χ2n) is 5.73. The molecule has 156 valence electrons. The maximum Gasteiger partial charge on any atom is 0.289 e. The average molecular weight is 449 g/mol. The third kappa shape index (κ3) is 6.26. The number of nitrogen functional groups attached to an aromatic ring is 2. The van der Waals surface area contributed by atoms with Gasteiger partial charge in [0.2, 0.25) is 0 Å². The summed E-state index contributed by atoms with van der Waals surface area (Å²) in [6.45, 7) is 0. The molecular weight excluding hydrogens is 432 g/mol. The van der Waals surface area contributed by atoms with Gasteiger partial charge in [0.1, 0.15) is 10.8 Å². The lowest BCUT2D eigenvalue weighted by atomic mass is 10.3. The Balaban J connectivity index is 0.000000248. The van der Waals surface area contributed by atoms with E-state index in [1.807, 2.05) is 24.3 Å². The molecule has 0 radical (unpaired) electrons. The van der Waals surface area contributed by atoms with Crippen LogP contribution in [0.1, 0.15) is 0 Å². The molecule has 9 nitrogen and oxygen atoms in total. The van der Waals surface area contributed by atoms with E-state index in [4.69, 9.17) is 27.8 Å². The van der Waals surface area contributed by atoms with E-state index in [9.17, 15) is 20.2 Å². The predicted octanol–water partition coefficient (Wildman–Crippen LogP) is 5.17. The zero-order valence-corrected chi connectivity index (χ0v) is 17.2. The van der Waals surface area contributed by atoms with Crippen molar-refractivity contribution >= 4 is 46.1 Å². The van der Waals surface area contributed by atoms with Crippen molar-refractivity contribution in [3.8, 4) is 5.75 Å². The van der Waals surface area contributed by atoms with Gasteiger partial charge in [-0.15, -0.1) is 0 Å². The molecule has 4 N–H and O–H groups in total. The number of nitro groups is 2. The second-order valence-corrected chi connectivity index (χ2v) is 7.25. The molecule has 0 aliphatic heterocycles. The van der Waals surface area contributed by atoms with Gasteiger partial charge < -0.3 is 16.2 Å². The van der Waals surface area contributed by atoms with E-state index in [1.165, 1.54) is 36.0 Å². The van der Waals surface area contributed by atoms with Crippen LogP contribution in [0.3, 0.4) is 0 Å². The van der Waals surface area contributed by atoms with Gasteiger partial charge in [-0.05, 0) is 48.5 Å². The summed E-state index contributed by atoms with van der Waals surface area (Å²) in [7, 11) is 1.59. The van der Waals surface area contributed by atoms with Crippen LogP contribution in [0.4, 0.5) is 22.7 Å². The van der Waals surface area contributed by atoms with Crippen molar-refractivity contribution in [2.24, 2.45) is 0 Å². The number of halogens is 1. The lowest BCUT2D eigenvalue weighted by Gasteiger charge is -2.05. The zero-order valence-electron chi connectivity index (χ0n) is 15.7. The van der Waals surface area contributed by atoms with Gasteiger partial charge in [-0.25, -0.2) is 0 Å². The first-order valence-corrected chi connectivity index (χ1v) is 9.46. The summed E-state index contributed by atoms with van der Waals surface area (Å²) in [6, 6.07) is 16.1. The van der Waals surface area contributed by atoms with Gasteiger partial charge in [-0.3, -0.25) is 20.2 Å². The van der Waals surface area contributed by atoms with Crippen LogP contribution in [-0.4, -0.2) is 17.0 Å². The number of anilines is 2. The number of ether oxygens (including phenoxy) is 1. The third-order valence-corrected chi connectivity index (χ3v) is 5.03. The normalized spacial score (nSPS) is 9.93. The van der Waals surface area contributed by atoms with E-state index in [2.05, 4.69) is 0 Å². The van der Waals surface area contributed by atoms with Crippen LogP contribution in [0.15, 0.2) is 70.5 Å². The van der Waals surface area contributed by atoms with Gasteiger partial charge in [0, 0.05) is 28.4 Å². The van der Waals surface area contributed by atoms with Crippen LogP contribution >= 0.6 is 23.4 Å². The van der Waals surface area contributed by atoms with E-state index in [-0.39, 0.29) is 16.4 Å². The zero-order chi connectivity index (χ0) is 22.3. The van der Waals surface area contributed by atoms with E-state index >= 15 is 0 Å². The van der Waals surface area contributed by atoms with Crippen molar-refractivity contribution in [2.75, 3.05) is 18.6 Å². The quantitative estimate of drug-likeness (QED) is 0.308. The first-order valence-electron chi connectivity index (χ1n) is 8.26.